The van der Waals surface area contributed by atoms with Gasteiger partial charge in [0.25, 0.3) is 0 Å². The normalized spacial score (nSPS) is 18.2. The Hall–Kier alpha value is -1.20. The summed E-state index contributed by atoms with van der Waals surface area (Å²) in [4.78, 5) is 14.0. The maximum Gasteiger partial charge on any atom is 0.410 e. The van der Waals surface area contributed by atoms with Gasteiger partial charge in [-0.2, -0.15) is 11.8 Å². The SMILES string of the molecule is NCCSCC1CCCN1C(=O)OCc1ccccc1. The molecule has 1 aliphatic heterocycles. The van der Waals surface area contributed by atoms with Gasteiger partial charge in [0, 0.05) is 30.6 Å². The van der Waals surface area contributed by atoms with Crippen molar-refractivity contribution in [3.63, 3.8) is 0 Å². The minimum Gasteiger partial charge on any atom is -0.445 e. The highest BCUT2D eigenvalue weighted by Gasteiger charge is 2.29. The first-order valence-corrected chi connectivity index (χ1v) is 8.22. The van der Waals surface area contributed by atoms with Gasteiger partial charge in [0.05, 0.1) is 0 Å². The van der Waals surface area contributed by atoms with Crippen molar-refractivity contribution < 1.29 is 9.53 Å². The van der Waals surface area contributed by atoms with Crippen LogP contribution in [0.2, 0.25) is 0 Å². The van der Waals surface area contributed by atoms with Crippen LogP contribution in [0.25, 0.3) is 0 Å². The van der Waals surface area contributed by atoms with E-state index in [1.54, 1.807) is 0 Å². The Morgan fingerprint density at radius 2 is 2.20 bits per heavy atom. The zero-order chi connectivity index (χ0) is 14.2. The van der Waals surface area contributed by atoms with Gasteiger partial charge in [-0.05, 0) is 18.4 Å². The highest BCUT2D eigenvalue weighted by molar-refractivity contribution is 7.99. The van der Waals surface area contributed by atoms with E-state index in [0.29, 0.717) is 19.2 Å². The monoisotopic (exact) mass is 294 g/mol. The molecule has 0 aromatic heterocycles. The number of ether oxygens (including phenoxy) is 1. The van der Waals surface area contributed by atoms with Crippen molar-refractivity contribution in [2.45, 2.75) is 25.5 Å². The summed E-state index contributed by atoms with van der Waals surface area (Å²) in [5.74, 6) is 1.90. The highest BCUT2D eigenvalue weighted by atomic mass is 32.2. The highest BCUT2D eigenvalue weighted by Crippen LogP contribution is 2.22. The van der Waals surface area contributed by atoms with Crippen molar-refractivity contribution in [2.75, 3.05) is 24.6 Å². The van der Waals surface area contributed by atoms with Crippen LogP contribution in [0.4, 0.5) is 4.79 Å². The fourth-order valence-electron chi connectivity index (χ4n) is 2.35. The predicted octanol–water partition coefficient (Wildman–Crippen LogP) is 2.48. The smallest absolute Gasteiger partial charge is 0.410 e. The molecule has 5 heteroatoms. The minimum absolute atomic E-state index is 0.190. The van der Waals surface area contributed by atoms with Crippen molar-refractivity contribution in [2.24, 2.45) is 5.73 Å². The van der Waals surface area contributed by atoms with Gasteiger partial charge in [0.2, 0.25) is 0 Å². The van der Waals surface area contributed by atoms with Crippen LogP contribution in [0.15, 0.2) is 30.3 Å². The van der Waals surface area contributed by atoms with E-state index in [9.17, 15) is 4.79 Å². The largest absolute Gasteiger partial charge is 0.445 e. The van der Waals surface area contributed by atoms with Crippen molar-refractivity contribution in [1.82, 2.24) is 4.90 Å². The number of carbonyl (C=O) groups excluding carboxylic acids is 1. The Morgan fingerprint density at radius 3 is 2.95 bits per heavy atom. The second-order valence-corrected chi connectivity index (χ2v) is 6.04. The maximum atomic E-state index is 12.1. The van der Waals surface area contributed by atoms with Crippen molar-refractivity contribution in [3.8, 4) is 0 Å². The maximum absolute atomic E-state index is 12.1. The molecule has 0 bridgehead atoms. The molecule has 0 spiro atoms. The number of amides is 1. The van der Waals surface area contributed by atoms with E-state index in [1.807, 2.05) is 47.0 Å². The molecule has 0 aliphatic carbocycles. The van der Waals surface area contributed by atoms with E-state index in [-0.39, 0.29) is 6.09 Å². The number of nitrogens with two attached hydrogens (primary N) is 1. The molecular weight excluding hydrogens is 272 g/mol. The lowest BCUT2D eigenvalue weighted by Crippen LogP contribution is -2.37. The molecule has 0 radical (unpaired) electrons. The fraction of sp³-hybridized carbons (Fsp3) is 0.533. The summed E-state index contributed by atoms with van der Waals surface area (Å²) in [6.45, 7) is 1.84. The molecule has 1 amide bonds. The number of carbonyl (C=O) groups is 1. The summed E-state index contributed by atoms with van der Waals surface area (Å²) < 4.78 is 5.40. The van der Waals surface area contributed by atoms with Crippen LogP contribution in [-0.4, -0.2) is 41.6 Å². The van der Waals surface area contributed by atoms with E-state index >= 15 is 0 Å². The summed E-state index contributed by atoms with van der Waals surface area (Å²) in [6.07, 6.45) is 1.94. The van der Waals surface area contributed by atoms with Gasteiger partial charge in [-0.15, -0.1) is 0 Å². The number of hydrogen-bond acceptors (Lipinski definition) is 4. The third-order valence-electron chi connectivity index (χ3n) is 3.39. The molecule has 1 aromatic carbocycles. The summed E-state index contributed by atoms with van der Waals surface area (Å²) in [7, 11) is 0. The van der Waals surface area contributed by atoms with Crippen LogP contribution < -0.4 is 5.73 Å². The van der Waals surface area contributed by atoms with Crippen LogP contribution in [-0.2, 0) is 11.3 Å². The molecule has 1 atom stereocenters. The Morgan fingerprint density at radius 1 is 1.40 bits per heavy atom. The second kappa shape index (κ2) is 8.17. The summed E-state index contributed by atoms with van der Waals surface area (Å²) >= 11 is 1.81. The van der Waals surface area contributed by atoms with Crippen LogP contribution >= 0.6 is 11.8 Å². The van der Waals surface area contributed by atoms with Gasteiger partial charge >= 0.3 is 6.09 Å². The Balaban J connectivity index is 1.78. The lowest BCUT2D eigenvalue weighted by atomic mass is 10.2. The summed E-state index contributed by atoms with van der Waals surface area (Å²) in [5.41, 5.74) is 6.52. The first-order valence-electron chi connectivity index (χ1n) is 7.06. The first kappa shape index (κ1) is 15.2. The molecule has 1 heterocycles. The van der Waals surface area contributed by atoms with Crippen molar-refractivity contribution in [1.29, 1.82) is 0 Å². The number of rotatable bonds is 6. The lowest BCUT2D eigenvalue weighted by Gasteiger charge is -2.23. The molecule has 1 aromatic rings. The first-order chi connectivity index (χ1) is 9.81. The quantitative estimate of drug-likeness (QED) is 0.819. The van der Waals surface area contributed by atoms with E-state index in [0.717, 1.165) is 36.5 Å². The molecule has 1 fully saturated rings. The summed E-state index contributed by atoms with van der Waals surface area (Å²) in [5, 5.41) is 0. The molecule has 0 saturated carbocycles. The average molecular weight is 294 g/mol. The van der Waals surface area contributed by atoms with E-state index in [2.05, 4.69) is 0 Å². The molecular formula is C15H22N2O2S. The molecule has 2 rings (SSSR count). The zero-order valence-corrected chi connectivity index (χ0v) is 12.5. The third kappa shape index (κ3) is 4.42. The number of hydrogen-bond donors (Lipinski definition) is 1. The molecule has 1 aliphatic rings. The minimum atomic E-state index is -0.190. The van der Waals surface area contributed by atoms with Gasteiger partial charge in [-0.1, -0.05) is 30.3 Å². The molecule has 4 nitrogen and oxygen atoms in total. The van der Waals surface area contributed by atoms with Gasteiger partial charge < -0.3 is 15.4 Å². The van der Waals surface area contributed by atoms with Crippen LogP contribution in [0.5, 0.6) is 0 Å². The molecule has 110 valence electrons. The standard InChI is InChI=1S/C15H22N2O2S/c16-8-10-20-12-14-7-4-9-17(14)15(18)19-11-13-5-2-1-3-6-13/h1-3,5-6,14H,4,7-12,16H2. The number of thioether (sulfide) groups is 1. The van der Waals surface area contributed by atoms with Gasteiger partial charge in [0.15, 0.2) is 0 Å². The Kier molecular flexibility index (Phi) is 6.21. The van der Waals surface area contributed by atoms with Gasteiger partial charge in [-0.25, -0.2) is 4.79 Å². The van der Waals surface area contributed by atoms with Crippen LogP contribution in [0, 0.1) is 0 Å². The van der Waals surface area contributed by atoms with Crippen LogP contribution in [0.3, 0.4) is 0 Å². The Labute approximate surface area is 124 Å². The fourth-order valence-corrected chi connectivity index (χ4v) is 3.31. The number of nitrogens with zero attached hydrogens (tertiary/aromatic N) is 1. The van der Waals surface area contributed by atoms with Gasteiger partial charge in [0.1, 0.15) is 6.61 Å². The zero-order valence-electron chi connectivity index (χ0n) is 11.7. The number of likely N-dealkylation sites (tertiary alicyclic amines) is 1. The van der Waals surface area contributed by atoms with Crippen LogP contribution in [0.1, 0.15) is 18.4 Å². The third-order valence-corrected chi connectivity index (χ3v) is 4.53. The lowest BCUT2D eigenvalue weighted by molar-refractivity contribution is 0.0950. The molecule has 1 saturated heterocycles. The van der Waals surface area contributed by atoms with E-state index in [1.165, 1.54) is 0 Å². The summed E-state index contributed by atoms with van der Waals surface area (Å²) in [6, 6.07) is 10.1. The van der Waals surface area contributed by atoms with Crippen molar-refractivity contribution in [3.05, 3.63) is 35.9 Å². The topological polar surface area (TPSA) is 55.6 Å². The Bertz CT molecular complexity index is 414. The van der Waals surface area contributed by atoms with Gasteiger partial charge in [-0.3, -0.25) is 0 Å². The van der Waals surface area contributed by atoms with E-state index < -0.39 is 0 Å². The average Bonchev–Trinajstić information content (AvgIpc) is 2.95. The molecule has 20 heavy (non-hydrogen) atoms. The van der Waals surface area contributed by atoms with E-state index in [4.69, 9.17) is 10.5 Å². The molecule has 1 unspecified atom stereocenters. The predicted molar refractivity (Wildman–Crippen MR) is 82.7 cm³/mol. The number of benzene rings is 1. The molecule has 2 N–H and O–H groups in total. The second-order valence-electron chi connectivity index (χ2n) is 4.89. The van der Waals surface area contributed by atoms with Crippen molar-refractivity contribution >= 4 is 17.9 Å².